The van der Waals surface area contributed by atoms with Crippen LogP contribution in [0.15, 0.2) is 24.4 Å². The third-order valence-corrected chi connectivity index (χ3v) is 3.27. The Kier molecular flexibility index (Phi) is 3.80. The smallest absolute Gasteiger partial charge is 0.246 e. The highest BCUT2D eigenvalue weighted by Gasteiger charge is 2.12. The van der Waals surface area contributed by atoms with Gasteiger partial charge in [-0.05, 0) is 18.2 Å². The van der Waals surface area contributed by atoms with Crippen molar-refractivity contribution in [2.75, 3.05) is 27.1 Å². The number of fused-ring (bicyclic) bond motifs is 1. The number of anilines is 1. The largest absolute Gasteiger partial charge is 0.493 e. The van der Waals surface area contributed by atoms with Crippen LogP contribution in [0.25, 0.3) is 22.4 Å². The van der Waals surface area contributed by atoms with Crippen molar-refractivity contribution in [1.29, 1.82) is 0 Å². The maximum atomic E-state index is 5.67. The predicted molar refractivity (Wildman–Crippen MR) is 84.6 cm³/mol. The van der Waals surface area contributed by atoms with Crippen molar-refractivity contribution in [1.82, 2.24) is 19.9 Å². The molecule has 0 saturated heterocycles. The molecule has 0 spiro atoms. The molecule has 3 aromatic rings. The van der Waals surface area contributed by atoms with Crippen LogP contribution in [0.2, 0.25) is 0 Å². The molecular formula is C15H15N5O3. The summed E-state index contributed by atoms with van der Waals surface area (Å²) >= 11 is 0. The SMILES string of the molecule is COc1ccc(-c2cnc3c(OC)nc(N)nc3n2)cc1OC. The normalized spacial score (nSPS) is 10.6. The van der Waals surface area contributed by atoms with Gasteiger partial charge in [-0.15, -0.1) is 0 Å². The molecule has 2 N–H and O–H groups in total. The number of nitrogens with two attached hydrogens (primary N) is 1. The number of nitrogens with zero attached hydrogens (tertiary/aromatic N) is 4. The topological polar surface area (TPSA) is 105 Å². The van der Waals surface area contributed by atoms with Gasteiger partial charge in [0.05, 0.1) is 33.2 Å². The van der Waals surface area contributed by atoms with Crippen LogP contribution in [0.3, 0.4) is 0 Å². The summed E-state index contributed by atoms with van der Waals surface area (Å²) in [5.41, 5.74) is 7.92. The molecule has 0 saturated carbocycles. The van der Waals surface area contributed by atoms with Crippen LogP contribution in [-0.4, -0.2) is 41.3 Å². The fourth-order valence-electron chi connectivity index (χ4n) is 2.18. The van der Waals surface area contributed by atoms with Crippen molar-refractivity contribution in [3.63, 3.8) is 0 Å². The lowest BCUT2D eigenvalue weighted by Crippen LogP contribution is -2.02. The third kappa shape index (κ3) is 2.66. The first-order valence-corrected chi connectivity index (χ1v) is 6.73. The summed E-state index contributed by atoms with van der Waals surface area (Å²) in [7, 11) is 4.65. The van der Waals surface area contributed by atoms with Gasteiger partial charge in [0.2, 0.25) is 11.8 Å². The Hall–Kier alpha value is -3.16. The third-order valence-electron chi connectivity index (χ3n) is 3.27. The molecule has 0 fully saturated rings. The van der Waals surface area contributed by atoms with Gasteiger partial charge in [0.15, 0.2) is 22.7 Å². The second-order valence-electron chi connectivity index (χ2n) is 4.59. The van der Waals surface area contributed by atoms with E-state index in [4.69, 9.17) is 19.9 Å². The monoisotopic (exact) mass is 313 g/mol. The molecule has 0 aliphatic rings. The number of benzene rings is 1. The van der Waals surface area contributed by atoms with Crippen LogP contribution in [0.5, 0.6) is 17.4 Å². The molecule has 118 valence electrons. The van der Waals surface area contributed by atoms with Crippen molar-refractivity contribution in [2.24, 2.45) is 0 Å². The highest BCUT2D eigenvalue weighted by Crippen LogP contribution is 2.32. The lowest BCUT2D eigenvalue weighted by molar-refractivity contribution is 0.355. The highest BCUT2D eigenvalue weighted by molar-refractivity contribution is 5.79. The van der Waals surface area contributed by atoms with Gasteiger partial charge < -0.3 is 19.9 Å². The van der Waals surface area contributed by atoms with Gasteiger partial charge in [-0.1, -0.05) is 0 Å². The number of rotatable bonds is 4. The quantitative estimate of drug-likeness (QED) is 0.775. The zero-order valence-electron chi connectivity index (χ0n) is 12.9. The van der Waals surface area contributed by atoms with E-state index >= 15 is 0 Å². The molecule has 8 heteroatoms. The Morgan fingerprint density at radius 3 is 2.39 bits per heavy atom. The standard InChI is InChI=1S/C15H15N5O3/c1-21-10-5-4-8(6-11(10)22-2)9-7-17-12-13(18-9)19-15(16)20-14(12)23-3/h4-7H,1-3H3,(H2,16,18,19,20). The Labute approximate surface area is 132 Å². The van der Waals surface area contributed by atoms with E-state index in [0.717, 1.165) is 5.56 Å². The average molecular weight is 313 g/mol. The lowest BCUT2D eigenvalue weighted by atomic mass is 10.1. The predicted octanol–water partition coefficient (Wildman–Crippen LogP) is 1.69. The summed E-state index contributed by atoms with van der Waals surface area (Å²) in [5.74, 6) is 1.61. The zero-order chi connectivity index (χ0) is 16.4. The summed E-state index contributed by atoms with van der Waals surface area (Å²) in [4.78, 5) is 16.9. The molecule has 2 aromatic heterocycles. The second-order valence-corrected chi connectivity index (χ2v) is 4.59. The van der Waals surface area contributed by atoms with E-state index < -0.39 is 0 Å². The average Bonchev–Trinajstić information content (AvgIpc) is 2.59. The second kappa shape index (κ2) is 5.91. The van der Waals surface area contributed by atoms with Gasteiger partial charge in [0, 0.05) is 5.56 Å². The van der Waals surface area contributed by atoms with E-state index in [-0.39, 0.29) is 5.95 Å². The number of hydrogen-bond donors (Lipinski definition) is 1. The molecule has 3 rings (SSSR count). The van der Waals surface area contributed by atoms with E-state index in [9.17, 15) is 0 Å². The van der Waals surface area contributed by atoms with Crippen molar-refractivity contribution < 1.29 is 14.2 Å². The van der Waals surface area contributed by atoms with E-state index in [2.05, 4.69) is 19.9 Å². The molecule has 2 heterocycles. The Morgan fingerprint density at radius 2 is 1.70 bits per heavy atom. The Bertz CT molecular complexity index is 869. The minimum atomic E-state index is 0.0770. The van der Waals surface area contributed by atoms with Gasteiger partial charge in [-0.3, -0.25) is 0 Å². The van der Waals surface area contributed by atoms with Gasteiger partial charge in [0.25, 0.3) is 0 Å². The first kappa shape index (κ1) is 14.8. The molecule has 0 bridgehead atoms. The fourth-order valence-corrected chi connectivity index (χ4v) is 2.18. The first-order chi connectivity index (χ1) is 11.2. The van der Waals surface area contributed by atoms with Crippen LogP contribution < -0.4 is 19.9 Å². The Morgan fingerprint density at radius 1 is 0.913 bits per heavy atom. The first-order valence-electron chi connectivity index (χ1n) is 6.73. The van der Waals surface area contributed by atoms with Crippen LogP contribution in [-0.2, 0) is 0 Å². The maximum Gasteiger partial charge on any atom is 0.246 e. The van der Waals surface area contributed by atoms with Crippen LogP contribution in [0.1, 0.15) is 0 Å². The number of ether oxygens (including phenoxy) is 3. The van der Waals surface area contributed by atoms with Crippen LogP contribution in [0.4, 0.5) is 5.95 Å². The van der Waals surface area contributed by atoms with Crippen molar-refractivity contribution in [3.05, 3.63) is 24.4 Å². The molecule has 1 aromatic carbocycles. The Balaban J connectivity index is 2.14. The fraction of sp³-hybridized carbons (Fsp3) is 0.200. The summed E-state index contributed by atoms with van der Waals surface area (Å²) < 4.78 is 15.7. The summed E-state index contributed by atoms with van der Waals surface area (Å²) in [6.45, 7) is 0. The van der Waals surface area contributed by atoms with Crippen LogP contribution in [0, 0.1) is 0 Å². The summed E-state index contributed by atoms with van der Waals surface area (Å²) in [6.07, 6.45) is 1.62. The number of nitrogen functional groups attached to an aromatic ring is 1. The molecule has 23 heavy (non-hydrogen) atoms. The maximum absolute atomic E-state index is 5.67. The number of methoxy groups -OCH3 is 3. The van der Waals surface area contributed by atoms with Gasteiger partial charge in [-0.25, -0.2) is 9.97 Å². The van der Waals surface area contributed by atoms with Gasteiger partial charge in [-0.2, -0.15) is 9.97 Å². The van der Waals surface area contributed by atoms with E-state index in [1.54, 1.807) is 26.5 Å². The summed E-state index contributed by atoms with van der Waals surface area (Å²) in [5, 5.41) is 0. The van der Waals surface area contributed by atoms with E-state index in [0.29, 0.717) is 34.2 Å². The minimum Gasteiger partial charge on any atom is -0.493 e. The molecule has 0 unspecified atom stereocenters. The van der Waals surface area contributed by atoms with Gasteiger partial charge >= 0.3 is 0 Å². The van der Waals surface area contributed by atoms with E-state index in [1.165, 1.54) is 7.11 Å². The van der Waals surface area contributed by atoms with Crippen LogP contribution >= 0.6 is 0 Å². The summed E-state index contributed by atoms with van der Waals surface area (Å²) in [6, 6.07) is 5.48. The minimum absolute atomic E-state index is 0.0770. The molecule has 0 aliphatic carbocycles. The zero-order valence-corrected chi connectivity index (χ0v) is 12.9. The highest BCUT2D eigenvalue weighted by atomic mass is 16.5. The molecule has 0 atom stereocenters. The van der Waals surface area contributed by atoms with Crippen molar-refractivity contribution in [2.45, 2.75) is 0 Å². The molecule has 0 amide bonds. The van der Waals surface area contributed by atoms with Crippen molar-refractivity contribution >= 4 is 17.1 Å². The van der Waals surface area contributed by atoms with Gasteiger partial charge in [0.1, 0.15) is 0 Å². The molecular weight excluding hydrogens is 298 g/mol. The lowest BCUT2D eigenvalue weighted by Gasteiger charge is -2.10. The van der Waals surface area contributed by atoms with E-state index in [1.807, 2.05) is 12.1 Å². The molecule has 0 radical (unpaired) electrons. The number of hydrogen-bond acceptors (Lipinski definition) is 8. The van der Waals surface area contributed by atoms with Crippen molar-refractivity contribution in [3.8, 4) is 28.6 Å². The molecule has 8 nitrogen and oxygen atoms in total. The number of aromatic nitrogens is 4. The molecule has 0 aliphatic heterocycles.